The first-order valence-corrected chi connectivity index (χ1v) is 9.20. The van der Waals surface area contributed by atoms with E-state index in [0.717, 1.165) is 22.6 Å². The molecule has 0 heterocycles. The van der Waals surface area contributed by atoms with Crippen LogP contribution in [0.2, 0.25) is 0 Å². The van der Waals surface area contributed by atoms with Gasteiger partial charge < -0.3 is 14.8 Å². The molecule has 3 aromatic carbocycles. The second-order valence-electron chi connectivity index (χ2n) is 6.19. The maximum atomic E-state index is 12.0. The molecular formula is C23H23N3O3. The smallest absolute Gasteiger partial charge is 0.259 e. The second-order valence-corrected chi connectivity index (χ2v) is 6.19. The average molecular weight is 389 g/mol. The van der Waals surface area contributed by atoms with E-state index >= 15 is 0 Å². The lowest BCUT2D eigenvalue weighted by atomic mass is 10.2. The first-order valence-electron chi connectivity index (χ1n) is 9.20. The molecule has 0 aromatic heterocycles. The Morgan fingerprint density at radius 2 is 1.79 bits per heavy atom. The van der Waals surface area contributed by atoms with Gasteiger partial charge in [0.05, 0.1) is 25.6 Å². The summed E-state index contributed by atoms with van der Waals surface area (Å²) in [5.41, 5.74) is 5.18. The normalized spacial score (nSPS) is 10.5. The fourth-order valence-electron chi connectivity index (χ4n) is 2.61. The molecule has 0 aliphatic carbocycles. The number of methoxy groups -OCH3 is 1. The molecule has 0 saturated heterocycles. The Morgan fingerprint density at radius 3 is 2.62 bits per heavy atom. The molecule has 0 aliphatic rings. The van der Waals surface area contributed by atoms with Gasteiger partial charge in [-0.05, 0) is 35.4 Å². The lowest BCUT2D eigenvalue weighted by Crippen LogP contribution is -2.26. The Hall–Kier alpha value is -3.80. The number of carbonyl (C=O) groups is 1. The second kappa shape index (κ2) is 10.5. The Morgan fingerprint density at radius 1 is 1.00 bits per heavy atom. The van der Waals surface area contributed by atoms with Crippen LogP contribution >= 0.6 is 0 Å². The standard InChI is InChI=1S/C23H23N3O3/c1-28-22-13-6-5-12-21(22)24-16-23(27)26-25-15-19-10-7-11-20(14-19)29-17-18-8-3-2-4-9-18/h2-15,24H,16-17H2,1H3,(H,26,27)/b25-15-. The first kappa shape index (κ1) is 19.9. The number of hydrazone groups is 1. The van der Waals surface area contributed by atoms with Crippen molar-refractivity contribution in [3.8, 4) is 11.5 Å². The van der Waals surface area contributed by atoms with Gasteiger partial charge in [-0.25, -0.2) is 5.43 Å². The number of nitrogens with zero attached hydrogens (tertiary/aromatic N) is 1. The number of ether oxygens (including phenoxy) is 2. The molecule has 3 aromatic rings. The molecule has 0 radical (unpaired) electrons. The van der Waals surface area contributed by atoms with E-state index in [9.17, 15) is 4.79 Å². The van der Waals surface area contributed by atoms with Crippen LogP contribution in [-0.4, -0.2) is 25.8 Å². The van der Waals surface area contributed by atoms with Crippen LogP contribution in [0, 0.1) is 0 Å². The summed E-state index contributed by atoms with van der Waals surface area (Å²) in [5, 5.41) is 7.03. The monoisotopic (exact) mass is 389 g/mol. The van der Waals surface area contributed by atoms with Crippen LogP contribution in [0.5, 0.6) is 11.5 Å². The molecule has 6 heteroatoms. The average Bonchev–Trinajstić information content (AvgIpc) is 2.77. The topological polar surface area (TPSA) is 72.0 Å². The van der Waals surface area contributed by atoms with Gasteiger partial charge in [0.15, 0.2) is 0 Å². The summed E-state index contributed by atoms with van der Waals surface area (Å²) in [6.07, 6.45) is 1.58. The summed E-state index contributed by atoms with van der Waals surface area (Å²) in [4.78, 5) is 12.0. The van der Waals surface area contributed by atoms with Crippen LogP contribution in [0.15, 0.2) is 84.0 Å². The van der Waals surface area contributed by atoms with Crippen LogP contribution in [0.4, 0.5) is 5.69 Å². The lowest BCUT2D eigenvalue weighted by Gasteiger charge is -2.09. The van der Waals surface area contributed by atoms with Gasteiger partial charge in [0, 0.05) is 0 Å². The maximum Gasteiger partial charge on any atom is 0.259 e. The molecule has 0 saturated carbocycles. The van der Waals surface area contributed by atoms with Gasteiger partial charge >= 0.3 is 0 Å². The maximum absolute atomic E-state index is 12.0. The van der Waals surface area contributed by atoms with Crippen molar-refractivity contribution >= 4 is 17.8 Å². The SMILES string of the molecule is COc1ccccc1NCC(=O)N/N=C\c1cccc(OCc2ccccc2)c1. The van der Waals surface area contributed by atoms with E-state index < -0.39 is 0 Å². The van der Waals surface area contributed by atoms with E-state index in [1.807, 2.05) is 78.9 Å². The third-order valence-electron chi connectivity index (χ3n) is 4.06. The largest absolute Gasteiger partial charge is 0.495 e. The van der Waals surface area contributed by atoms with Crippen LogP contribution in [0.1, 0.15) is 11.1 Å². The molecule has 0 atom stereocenters. The van der Waals surface area contributed by atoms with Crippen molar-refractivity contribution in [2.24, 2.45) is 5.10 Å². The number of nitrogens with one attached hydrogen (secondary N) is 2. The van der Waals surface area contributed by atoms with Crippen LogP contribution in [0.25, 0.3) is 0 Å². The molecule has 148 valence electrons. The number of hydrogen-bond acceptors (Lipinski definition) is 5. The highest BCUT2D eigenvalue weighted by Crippen LogP contribution is 2.22. The molecule has 0 bridgehead atoms. The highest BCUT2D eigenvalue weighted by molar-refractivity contribution is 5.84. The number of anilines is 1. The summed E-state index contributed by atoms with van der Waals surface area (Å²) in [7, 11) is 1.59. The minimum absolute atomic E-state index is 0.0813. The molecule has 1 amide bonds. The Bertz CT molecular complexity index is 958. The minimum Gasteiger partial charge on any atom is -0.495 e. The van der Waals surface area contributed by atoms with Gasteiger partial charge in [0.1, 0.15) is 18.1 Å². The van der Waals surface area contributed by atoms with E-state index in [2.05, 4.69) is 15.8 Å². The van der Waals surface area contributed by atoms with E-state index in [4.69, 9.17) is 9.47 Å². The molecule has 0 fully saturated rings. The summed E-state index contributed by atoms with van der Waals surface area (Å²) < 4.78 is 11.0. The predicted octanol–water partition coefficient (Wildman–Crippen LogP) is 3.84. The third kappa shape index (κ3) is 6.39. The zero-order valence-corrected chi connectivity index (χ0v) is 16.2. The number of carbonyl (C=O) groups excluding carboxylic acids is 1. The Labute approximate surface area is 170 Å². The Balaban J connectivity index is 1.47. The van der Waals surface area contributed by atoms with Crippen LogP contribution in [0.3, 0.4) is 0 Å². The number of benzene rings is 3. The molecule has 2 N–H and O–H groups in total. The van der Waals surface area contributed by atoms with Gasteiger partial charge in [0.2, 0.25) is 0 Å². The summed E-state index contributed by atoms with van der Waals surface area (Å²) in [5.74, 6) is 1.15. The van der Waals surface area contributed by atoms with Crippen LogP contribution < -0.4 is 20.2 Å². The fraction of sp³-hybridized carbons (Fsp3) is 0.130. The molecule has 3 rings (SSSR count). The van der Waals surface area contributed by atoms with Crippen molar-refractivity contribution in [1.29, 1.82) is 0 Å². The van der Waals surface area contributed by atoms with Crippen LogP contribution in [-0.2, 0) is 11.4 Å². The van der Waals surface area contributed by atoms with Gasteiger partial charge in [-0.15, -0.1) is 0 Å². The zero-order chi connectivity index (χ0) is 20.3. The Kier molecular flexibility index (Phi) is 7.23. The van der Waals surface area contributed by atoms with E-state index in [1.165, 1.54) is 0 Å². The van der Waals surface area contributed by atoms with Gasteiger partial charge in [0.25, 0.3) is 5.91 Å². The molecule has 0 spiro atoms. The van der Waals surface area contributed by atoms with Crippen molar-refractivity contribution in [1.82, 2.24) is 5.43 Å². The molecule has 29 heavy (non-hydrogen) atoms. The molecule has 0 aliphatic heterocycles. The van der Waals surface area contributed by atoms with E-state index in [-0.39, 0.29) is 12.5 Å². The highest BCUT2D eigenvalue weighted by Gasteiger charge is 2.04. The van der Waals surface area contributed by atoms with E-state index in [1.54, 1.807) is 13.3 Å². The number of amides is 1. The quantitative estimate of drug-likeness (QED) is 0.431. The predicted molar refractivity (Wildman–Crippen MR) is 114 cm³/mol. The van der Waals surface area contributed by atoms with Crippen molar-refractivity contribution in [2.45, 2.75) is 6.61 Å². The number of para-hydroxylation sites is 2. The van der Waals surface area contributed by atoms with Crippen molar-refractivity contribution < 1.29 is 14.3 Å². The van der Waals surface area contributed by atoms with Crippen molar-refractivity contribution in [3.05, 3.63) is 90.0 Å². The zero-order valence-electron chi connectivity index (χ0n) is 16.2. The van der Waals surface area contributed by atoms with Gasteiger partial charge in [-0.1, -0.05) is 54.6 Å². The van der Waals surface area contributed by atoms with Crippen molar-refractivity contribution in [3.63, 3.8) is 0 Å². The molecule has 6 nitrogen and oxygen atoms in total. The summed E-state index contributed by atoms with van der Waals surface area (Å²) in [6, 6.07) is 24.9. The highest BCUT2D eigenvalue weighted by atomic mass is 16.5. The van der Waals surface area contributed by atoms with Crippen molar-refractivity contribution in [2.75, 3.05) is 19.0 Å². The summed E-state index contributed by atoms with van der Waals surface area (Å²) >= 11 is 0. The fourth-order valence-corrected chi connectivity index (χ4v) is 2.61. The third-order valence-corrected chi connectivity index (χ3v) is 4.06. The number of hydrogen-bond donors (Lipinski definition) is 2. The molecule has 0 unspecified atom stereocenters. The molecular weight excluding hydrogens is 366 g/mol. The number of rotatable bonds is 9. The lowest BCUT2D eigenvalue weighted by molar-refractivity contribution is -0.119. The van der Waals surface area contributed by atoms with Gasteiger partial charge in [-0.2, -0.15) is 5.10 Å². The first-order chi connectivity index (χ1) is 14.2. The van der Waals surface area contributed by atoms with E-state index in [0.29, 0.717) is 12.4 Å². The summed E-state index contributed by atoms with van der Waals surface area (Å²) in [6.45, 7) is 0.574. The minimum atomic E-state index is -0.261. The van der Waals surface area contributed by atoms with Gasteiger partial charge in [-0.3, -0.25) is 4.79 Å².